The zero-order valence-corrected chi connectivity index (χ0v) is 12.8. The van der Waals surface area contributed by atoms with Crippen molar-refractivity contribution in [3.05, 3.63) is 58.0 Å². The smallest absolute Gasteiger partial charge is 0.119 e. The fourth-order valence-electron chi connectivity index (χ4n) is 1.41. The Morgan fingerprint density at radius 1 is 1.11 bits per heavy atom. The molecule has 0 aromatic heterocycles. The second-order valence-electron chi connectivity index (χ2n) is 3.61. The molecule has 0 saturated heterocycles. The van der Waals surface area contributed by atoms with Gasteiger partial charge in [0.05, 0.1) is 6.61 Å². The van der Waals surface area contributed by atoms with Gasteiger partial charge < -0.3 is 4.74 Å². The minimum Gasteiger partial charge on any atom is -0.493 e. The van der Waals surface area contributed by atoms with Crippen LogP contribution in [-0.4, -0.2) is 12.4 Å². The molecule has 18 heavy (non-hydrogen) atoms. The highest BCUT2D eigenvalue weighted by Crippen LogP contribution is 2.22. The van der Waals surface area contributed by atoms with Crippen LogP contribution in [-0.2, 0) is 0 Å². The fraction of sp³-hybridized carbons (Fsp3) is 0.143. The standard InChI is InChI=1S/C14H12BrClOS/c15-11-4-6-13(7-5-11)17-8-9-18-14-3-1-2-12(16)10-14/h1-7,10H,8-9H2. The molecule has 0 saturated carbocycles. The van der Waals surface area contributed by atoms with Gasteiger partial charge in [0.25, 0.3) is 0 Å². The number of benzene rings is 2. The average Bonchev–Trinajstić information content (AvgIpc) is 2.37. The summed E-state index contributed by atoms with van der Waals surface area (Å²) in [5, 5.41) is 0.772. The van der Waals surface area contributed by atoms with Crippen molar-refractivity contribution in [2.24, 2.45) is 0 Å². The van der Waals surface area contributed by atoms with Crippen LogP contribution in [0.25, 0.3) is 0 Å². The van der Waals surface area contributed by atoms with E-state index >= 15 is 0 Å². The van der Waals surface area contributed by atoms with E-state index in [1.54, 1.807) is 11.8 Å². The van der Waals surface area contributed by atoms with E-state index in [0.717, 1.165) is 21.0 Å². The Labute approximate surface area is 125 Å². The van der Waals surface area contributed by atoms with Crippen LogP contribution in [0.2, 0.25) is 5.02 Å². The van der Waals surface area contributed by atoms with E-state index in [2.05, 4.69) is 22.0 Å². The Bertz CT molecular complexity index is 501. The molecule has 2 aromatic carbocycles. The van der Waals surface area contributed by atoms with Crippen LogP contribution in [0.3, 0.4) is 0 Å². The summed E-state index contributed by atoms with van der Waals surface area (Å²) in [6.45, 7) is 0.679. The minimum absolute atomic E-state index is 0.679. The summed E-state index contributed by atoms with van der Waals surface area (Å²) in [5.74, 6) is 1.79. The molecule has 94 valence electrons. The fourth-order valence-corrected chi connectivity index (χ4v) is 2.71. The number of ether oxygens (including phenoxy) is 1. The monoisotopic (exact) mass is 342 g/mol. The lowest BCUT2D eigenvalue weighted by atomic mass is 10.3. The van der Waals surface area contributed by atoms with E-state index in [1.165, 1.54) is 4.90 Å². The van der Waals surface area contributed by atoms with Crippen LogP contribution in [0, 0.1) is 0 Å². The molecule has 0 fully saturated rings. The number of rotatable bonds is 5. The van der Waals surface area contributed by atoms with Crippen LogP contribution >= 0.6 is 39.3 Å². The summed E-state index contributed by atoms with van der Waals surface area (Å²) >= 11 is 11.1. The lowest BCUT2D eigenvalue weighted by Crippen LogP contribution is -1.99. The molecular weight excluding hydrogens is 332 g/mol. The summed E-state index contributed by atoms with van der Waals surface area (Å²) in [6, 6.07) is 15.7. The molecule has 0 bridgehead atoms. The molecular formula is C14H12BrClOS. The predicted molar refractivity (Wildman–Crippen MR) is 81.8 cm³/mol. The Morgan fingerprint density at radius 2 is 1.89 bits per heavy atom. The van der Waals surface area contributed by atoms with Crippen molar-refractivity contribution in [2.75, 3.05) is 12.4 Å². The molecule has 4 heteroatoms. The van der Waals surface area contributed by atoms with Gasteiger partial charge in [-0.15, -0.1) is 11.8 Å². The number of thioether (sulfide) groups is 1. The second-order valence-corrected chi connectivity index (χ2v) is 6.13. The SMILES string of the molecule is Clc1cccc(SCCOc2ccc(Br)cc2)c1. The first-order chi connectivity index (χ1) is 8.74. The van der Waals surface area contributed by atoms with Gasteiger partial charge in [-0.05, 0) is 42.5 Å². The molecule has 0 atom stereocenters. The van der Waals surface area contributed by atoms with Crippen molar-refractivity contribution in [1.29, 1.82) is 0 Å². The Morgan fingerprint density at radius 3 is 2.61 bits per heavy atom. The summed E-state index contributed by atoms with van der Waals surface area (Å²) in [6.07, 6.45) is 0. The molecule has 0 aliphatic heterocycles. The zero-order chi connectivity index (χ0) is 12.8. The Hall–Kier alpha value is -0.640. The number of halogens is 2. The van der Waals surface area contributed by atoms with E-state index in [4.69, 9.17) is 16.3 Å². The van der Waals surface area contributed by atoms with Crippen molar-refractivity contribution in [2.45, 2.75) is 4.90 Å². The lowest BCUT2D eigenvalue weighted by Gasteiger charge is -2.06. The third-order valence-electron chi connectivity index (χ3n) is 2.23. The molecule has 0 spiro atoms. The third-order valence-corrected chi connectivity index (χ3v) is 3.95. The van der Waals surface area contributed by atoms with Gasteiger partial charge in [-0.1, -0.05) is 33.6 Å². The molecule has 0 amide bonds. The molecule has 0 N–H and O–H groups in total. The predicted octanol–water partition coefficient (Wildman–Crippen LogP) is 5.27. The molecule has 1 nitrogen and oxygen atoms in total. The number of hydrogen-bond acceptors (Lipinski definition) is 2. The van der Waals surface area contributed by atoms with E-state index in [-0.39, 0.29) is 0 Å². The van der Waals surface area contributed by atoms with Gasteiger partial charge >= 0.3 is 0 Å². The lowest BCUT2D eigenvalue weighted by molar-refractivity contribution is 0.344. The maximum Gasteiger partial charge on any atom is 0.119 e. The van der Waals surface area contributed by atoms with Crippen LogP contribution in [0.1, 0.15) is 0 Å². The number of hydrogen-bond donors (Lipinski definition) is 0. The van der Waals surface area contributed by atoms with Crippen LogP contribution in [0.5, 0.6) is 5.75 Å². The molecule has 0 aliphatic carbocycles. The maximum atomic E-state index is 5.92. The van der Waals surface area contributed by atoms with Gasteiger partial charge in [-0.3, -0.25) is 0 Å². The van der Waals surface area contributed by atoms with Crippen LogP contribution in [0.4, 0.5) is 0 Å². The van der Waals surface area contributed by atoms with E-state index in [1.807, 2.05) is 42.5 Å². The van der Waals surface area contributed by atoms with Crippen molar-refractivity contribution >= 4 is 39.3 Å². The van der Waals surface area contributed by atoms with Gasteiger partial charge in [0, 0.05) is 20.1 Å². The van der Waals surface area contributed by atoms with Crippen molar-refractivity contribution in [3.63, 3.8) is 0 Å². The maximum absolute atomic E-state index is 5.92. The van der Waals surface area contributed by atoms with Gasteiger partial charge in [-0.2, -0.15) is 0 Å². The molecule has 2 aromatic rings. The van der Waals surface area contributed by atoms with Crippen LogP contribution in [0.15, 0.2) is 57.9 Å². The third kappa shape index (κ3) is 4.56. The molecule has 2 rings (SSSR count). The highest BCUT2D eigenvalue weighted by atomic mass is 79.9. The summed E-state index contributed by atoms with van der Waals surface area (Å²) in [7, 11) is 0. The largest absolute Gasteiger partial charge is 0.493 e. The topological polar surface area (TPSA) is 9.23 Å². The van der Waals surface area contributed by atoms with Crippen molar-refractivity contribution in [3.8, 4) is 5.75 Å². The molecule has 0 heterocycles. The average molecular weight is 344 g/mol. The zero-order valence-electron chi connectivity index (χ0n) is 9.61. The highest BCUT2D eigenvalue weighted by molar-refractivity contribution is 9.10. The van der Waals surface area contributed by atoms with Crippen LogP contribution < -0.4 is 4.74 Å². The first-order valence-electron chi connectivity index (χ1n) is 5.51. The Balaban J connectivity index is 1.74. The summed E-state index contributed by atoms with van der Waals surface area (Å²) in [4.78, 5) is 1.17. The summed E-state index contributed by atoms with van der Waals surface area (Å²) < 4.78 is 6.70. The van der Waals surface area contributed by atoms with Crippen molar-refractivity contribution in [1.82, 2.24) is 0 Å². The molecule has 0 radical (unpaired) electrons. The first-order valence-corrected chi connectivity index (χ1v) is 7.66. The van der Waals surface area contributed by atoms with E-state index < -0.39 is 0 Å². The first kappa shape index (κ1) is 13.8. The normalized spacial score (nSPS) is 10.3. The summed E-state index contributed by atoms with van der Waals surface area (Å²) in [5.41, 5.74) is 0. The Kier molecular flexibility index (Phi) is 5.42. The minimum atomic E-state index is 0.679. The quantitative estimate of drug-likeness (QED) is 0.540. The van der Waals surface area contributed by atoms with Gasteiger partial charge in [-0.25, -0.2) is 0 Å². The van der Waals surface area contributed by atoms with E-state index in [0.29, 0.717) is 6.61 Å². The second kappa shape index (κ2) is 7.07. The molecule has 0 unspecified atom stereocenters. The molecule has 0 aliphatic rings. The van der Waals surface area contributed by atoms with Gasteiger partial charge in [0.15, 0.2) is 0 Å². The van der Waals surface area contributed by atoms with E-state index in [9.17, 15) is 0 Å². The van der Waals surface area contributed by atoms with Crippen molar-refractivity contribution < 1.29 is 4.74 Å². The van der Waals surface area contributed by atoms with Gasteiger partial charge in [0.2, 0.25) is 0 Å². The highest BCUT2D eigenvalue weighted by Gasteiger charge is 1.97. The van der Waals surface area contributed by atoms with Gasteiger partial charge in [0.1, 0.15) is 5.75 Å².